The van der Waals surface area contributed by atoms with Crippen molar-refractivity contribution in [2.75, 3.05) is 0 Å². The maximum absolute atomic E-state index is 14.2. The summed E-state index contributed by atoms with van der Waals surface area (Å²) in [6.07, 6.45) is 1.64. The lowest BCUT2D eigenvalue weighted by atomic mass is 9.68. The number of fused-ring (bicyclic) bond motifs is 2. The zero-order chi connectivity index (χ0) is 14.9. The molecule has 2 fully saturated rings. The van der Waals surface area contributed by atoms with Crippen molar-refractivity contribution in [3.63, 3.8) is 0 Å². The van der Waals surface area contributed by atoms with Crippen LogP contribution in [0.3, 0.4) is 0 Å². The summed E-state index contributed by atoms with van der Waals surface area (Å²) in [5.41, 5.74) is -0.504. The van der Waals surface area contributed by atoms with Gasteiger partial charge in [-0.1, -0.05) is 38.4 Å². The molecular formula is C16H20ClFO2. The highest BCUT2D eigenvalue weighted by Gasteiger charge is 2.73. The lowest BCUT2D eigenvalue weighted by Crippen LogP contribution is -2.50. The Labute approximate surface area is 123 Å². The van der Waals surface area contributed by atoms with E-state index >= 15 is 0 Å². The van der Waals surface area contributed by atoms with Crippen LogP contribution < -0.4 is 0 Å². The van der Waals surface area contributed by atoms with Crippen LogP contribution in [0.5, 0.6) is 0 Å². The molecule has 2 aliphatic carbocycles. The Balaban J connectivity index is 2.16. The fourth-order valence-electron chi connectivity index (χ4n) is 4.59. The van der Waals surface area contributed by atoms with Gasteiger partial charge in [0, 0.05) is 16.4 Å². The highest BCUT2D eigenvalue weighted by atomic mass is 35.5. The van der Waals surface area contributed by atoms with Gasteiger partial charge in [0.1, 0.15) is 5.82 Å². The Morgan fingerprint density at radius 1 is 1.25 bits per heavy atom. The van der Waals surface area contributed by atoms with Gasteiger partial charge in [-0.2, -0.15) is 0 Å². The van der Waals surface area contributed by atoms with Gasteiger partial charge in [-0.25, -0.2) is 4.39 Å². The van der Waals surface area contributed by atoms with Gasteiger partial charge in [0.05, 0.1) is 0 Å². The van der Waals surface area contributed by atoms with Gasteiger partial charge in [0.15, 0.2) is 5.79 Å². The Morgan fingerprint density at radius 2 is 1.90 bits per heavy atom. The molecular weight excluding hydrogens is 279 g/mol. The lowest BCUT2D eigenvalue weighted by Gasteiger charge is -2.43. The SMILES string of the molecule is CC1(C)C2CCC1(C)C(O)(O)C2c1ccc(Cl)cc1F. The predicted octanol–water partition coefficient (Wildman–Crippen LogP) is 3.70. The standard InChI is InChI=1S/C16H20ClFO2/c1-14(2)11-6-7-15(14,3)16(19,20)13(11)10-5-4-9(17)8-12(10)18/h4-5,8,11,13,19-20H,6-7H2,1-3H3. The highest BCUT2D eigenvalue weighted by Crippen LogP contribution is 2.73. The zero-order valence-electron chi connectivity index (χ0n) is 12.0. The minimum absolute atomic E-state index is 0.0539. The van der Waals surface area contributed by atoms with Crippen molar-refractivity contribution in [1.29, 1.82) is 0 Å². The molecule has 3 unspecified atom stereocenters. The van der Waals surface area contributed by atoms with E-state index in [9.17, 15) is 14.6 Å². The maximum Gasteiger partial charge on any atom is 0.175 e. The molecule has 1 aromatic rings. The summed E-state index contributed by atoms with van der Waals surface area (Å²) in [5.74, 6) is -2.90. The molecule has 110 valence electrons. The Kier molecular flexibility index (Phi) is 2.84. The fraction of sp³-hybridized carbons (Fsp3) is 0.625. The molecule has 20 heavy (non-hydrogen) atoms. The minimum atomic E-state index is -1.89. The number of aliphatic hydroxyl groups is 2. The minimum Gasteiger partial charge on any atom is -0.365 e. The van der Waals surface area contributed by atoms with Crippen molar-refractivity contribution in [2.45, 2.75) is 45.3 Å². The average Bonchev–Trinajstić information content (AvgIpc) is 2.61. The predicted molar refractivity (Wildman–Crippen MR) is 75.9 cm³/mol. The van der Waals surface area contributed by atoms with Crippen molar-refractivity contribution in [1.82, 2.24) is 0 Å². The number of halogens is 2. The van der Waals surface area contributed by atoms with Crippen LogP contribution in [0, 0.1) is 22.6 Å². The highest BCUT2D eigenvalue weighted by molar-refractivity contribution is 6.30. The first-order chi connectivity index (χ1) is 9.13. The van der Waals surface area contributed by atoms with Gasteiger partial charge in [-0.15, -0.1) is 0 Å². The summed E-state index contributed by atoms with van der Waals surface area (Å²) in [7, 11) is 0. The van der Waals surface area contributed by atoms with Crippen LogP contribution >= 0.6 is 11.6 Å². The first-order valence-electron chi connectivity index (χ1n) is 7.02. The Bertz CT molecular complexity index is 570. The van der Waals surface area contributed by atoms with Gasteiger partial charge in [0.25, 0.3) is 0 Å². The van der Waals surface area contributed by atoms with E-state index < -0.39 is 22.9 Å². The fourth-order valence-corrected chi connectivity index (χ4v) is 4.75. The van der Waals surface area contributed by atoms with Gasteiger partial charge >= 0.3 is 0 Å². The second-order valence-corrected chi connectivity index (χ2v) is 7.51. The normalized spacial score (nSPS) is 37.4. The molecule has 0 aliphatic heterocycles. The molecule has 0 saturated heterocycles. The van der Waals surface area contributed by atoms with E-state index in [1.165, 1.54) is 6.07 Å². The summed E-state index contributed by atoms with van der Waals surface area (Å²) < 4.78 is 14.2. The Morgan fingerprint density at radius 3 is 2.40 bits per heavy atom. The third-order valence-corrected chi connectivity index (χ3v) is 6.49. The van der Waals surface area contributed by atoms with Crippen molar-refractivity contribution in [3.05, 3.63) is 34.6 Å². The van der Waals surface area contributed by atoms with Crippen LogP contribution in [0.4, 0.5) is 4.39 Å². The monoisotopic (exact) mass is 298 g/mol. The van der Waals surface area contributed by atoms with Crippen molar-refractivity contribution < 1.29 is 14.6 Å². The number of hydrogen-bond donors (Lipinski definition) is 2. The van der Waals surface area contributed by atoms with E-state index in [1.54, 1.807) is 12.1 Å². The summed E-state index contributed by atoms with van der Waals surface area (Å²) in [5, 5.41) is 21.8. The van der Waals surface area contributed by atoms with Crippen LogP contribution in [0.15, 0.2) is 18.2 Å². The van der Waals surface area contributed by atoms with E-state index in [4.69, 9.17) is 11.6 Å². The van der Waals surface area contributed by atoms with Crippen molar-refractivity contribution >= 4 is 11.6 Å². The van der Waals surface area contributed by atoms with Gasteiger partial charge in [-0.05, 0) is 41.9 Å². The van der Waals surface area contributed by atoms with Crippen molar-refractivity contribution in [2.24, 2.45) is 16.7 Å². The number of hydrogen-bond acceptors (Lipinski definition) is 2. The molecule has 0 aromatic heterocycles. The largest absolute Gasteiger partial charge is 0.365 e. The molecule has 0 amide bonds. The summed E-state index contributed by atoms with van der Waals surface area (Å²) in [4.78, 5) is 0. The molecule has 0 spiro atoms. The van der Waals surface area contributed by atoms with Crippen LogP contribution in [0.25, 0.3) is 0 Å². The average molecular weight is 299 g/mol. The summed E-state index contributed by atoms with van der Waals surface area (Å²) >= 11 is 5.79. The second-order valence-electron chi connectivity index (χ2n) is 7.07. The molecule has 2 saturated carbocycles. The van der Waals surface area contributed by atoms with E-state index in [0.29, 0.717) is 10.6 Å². The molecule has 3 rings (SSSR count). The van der Waals surface area contributed by atoms with E-state index in [1.807, 2.05) is 6.92 Å². The van der Waals surface area contributed by atoms with E-state index in [2.05, 4.69) is 13.8 Å². The quantitative estimate of drug-likeness (QED) is 0.776. The molecule has 1 aromatic carbocycles. The summed E-state index contributed by atoms with van der Waals surface area (Å²) in [6.45, 7) is 6.01. The summed E-state index contributed by atoms with van der Waals surface area (Å²) in [6, 6.07) is 4.44. The zero-order valence-corrected chi connectivity index (χ0v) is 12.7. The molecule has 2 aliphatic rings. The van der Waals surface area contributed by atoms with Crippen LogP contribution in [0.1, 0.15) is 45.1 Å². The number of benzene rings is 1. The Hall–Kier alpha value is -0.640. The molecule has 0 radical (unpaired) electrons. The molecule has 3 atom stereocenters. The van der Waals surface area contributed by atoms with E-state index in [0.717, 1.165) is 12.8 Å². The van der Waals surface area contributed by atoms with E-state index in [-0.39, 0.29) is 11.3 Å². The van der Waals surface area contributed by atoms with Crippen LogP contribution in [-0.4, -0.2) is 16.0 Å². The molecule has 2 N–H and O–H groups in total. The topological polar surface area (TPSA) is 40.5 Å². The molecule has 2 bridgehead atoms. The molecule has 2 nitrogen and oxygen atoms in total. The van der Waals surface area contributed by atoms with Crippen LogP contribution in [0.2, 0.25) is 5.02 Å². The van der Waals surface area contributed by atoms with Crippen LogP contribution in [-0.2, 0) is 0 Å². The lowest BCUT2D eigenvalue weighted by molar-refractivity contribution is -0.252. The van der Waals surface area contributed by atoms with Crippen molar-refractivity contribution in [3.8, 4) is 0 Å². The smallest absolute Gasteiger partial charge is 0.175 e. The molecule has 0 heterocycles. The third kappa shape index (κ3) is 1.46. The first-order valence-corrected chi connectivity index (χ1v) is 7.40. The van der Waals surface area contributed by atoms with Gasteiger partial charge in [0.2, 0.25) is 0 Å². The first kappa shape index (κ1) is 14.3. The van der Waals surface area contributed by atoms with Gasteiger partial charge < -0.3 is 10.2 Å². The third-order valence-electron chi connectivity index (χ3n) is 6.25. The number of rotatable bonds is 1. The maximum atomic E-state index is 14.2. The second kappa shape index (κ2) is 3.96. The molecule has 4 heteroatoms. The van der Waals surface area contributed by atoms with Gasteiger partial charge in [-0.3, -0.25) is 0 Å².